The Morgan fingerprint density at radius 3 is 2.36 bits per heavy atom. The van der Waals surface area contributed by atoms with Crippen LogP contribution in [0.15, 0.2) is 41.4 Å². The van der Waals surface area contributed by atoms with Crippen molar-refractivity contribution in [3.05, 3.63) is 47.0 Å². The van der Waals surface area contributed by atoms with E-state index in [0.717, 1.165) is 5.92 Å². The number of ether oxygens (including phenoxy) is 1. The van der Waals surface area contributed by atoms with Gasteiger partial charge < -0.3 is 9.84 Å². The van der Waals surface area contributed by atoms with E-state index in [1.807, 2.05) is 12.5 Å². The summed E-state index contributed by atoms with van der Waals surface area (Å²) in [6.45, 7) is 14.1. The molecule has 0 heterocycles. The second kappa shape index (κ2) is 9.32. The number of fused-ring (bicyclic) bond motifs is 3. The van der Waals surface area contributed by atoms with Crippen LogP contribution in [0.4, 0.5) is 0 Å². The van der Waals surface area contributed by atoms with E-state index < -0.39 is 0 Å². The van der Waals surface area contributed by atoms with Crippen molar-refractivity contribution >= 4 is 11.6 Å². The number of halogens is 1. The summed E-state index contributed by atoms with van der Waals surface area (Å²) in [6, 6.07) is 10.8. The maximum Gasteiger partial charge on any atom is 0.0861 e. The molecule has 184 valence electrons. The normalized spacial score (nSPS) is 39.5. The predicted octanol–water partition coefficient (Wildman–Crippen LogP) is 8.30. The van der Waals surface area contributed by atoms with Gasteiger partial charge in [0.25, 0.3) is 0 Å². The zero-order valence-corrected chi connectivity index (χ0v) is 22.4. The number of aliphatic hydroxyl groups excluding tert-OH is 1. The SMILES string of the molecule is C[C@H](O)C[C@H](C)OC(c1ccccc1)[C@H]1CC[C@]2(C)[C@H]3CC/C(=C/Cl)[C@]3(C)CC[C@H]2C1(C)C. The summed E-state index contributed by atoms with van der Waals surface area (Å²) < 4.78 is 6.79. The van der Waals surface area contributed by atoms with Crippen molar-refractivity contribution < 1.29 is 9.84 Å². The standard InChI is InChI=1S/C30H45ClO2/c1-20(32)18-21(2)33-27(22-10-8-7-9-11-22)24-14-16-30(6)25(28(24,3)4)15-17-29(5)23(19-31)12-13-26(29)30/h7-11,19-21,24-27,32H,12-18H2,1-6H3/b23-19-/t20-,21-,24+,25-,26-,27?,29-,30-/m0/s1. The van der Waals surface area contributed by atoms with Crippen molar-refractivity contribution in [3.8, 4) is 0 Å². The van der Waals surface area contributed by atoms with E-state index in [9.17, 15) is 5.11 Å². The van der Waals surface area contributed by atoms with E-state index in [0.29, 0.717) is 23.7 Å². The molecular weight excluding hydrogens is 428 g/mol. The lowest BCUT2D eigenvalue weighted by Crippen LogP contribution is -2.57. The number of aliphatic hydroxyl groups is 1. The largest absolute Gasteiger partial charge is 0.393 e. The molecule has 3 fully saturated rings. The number of hydrogen-bond acceptors (Lipinski definition) is 2. The van der Waals surface area contributed by atoms with Gasteiger partial charge in [-0.1, -0.05) is 75.2 Å². The van der Waals surface area contributed by atoms with Gasteiger partial charge in [-0.15, -0.1) is 0 Å². The van der Waals surface area contributed by atoms with E-state index in [4.69, 9.17) is 16.3 Å². The third-order valence-electron chi connectivity index (χ3n) is 10.3. The van der Waals surface area contributed by atoms with E-state index in [1.165, 1.54) is 49.7 Å². The number of rotatable bonds is 6. The molecule has 0 radical (unpaired) electrons. The van der Waals surface area contributed by atoms with Crippen LogP contribution < -0.4 is 0 Å². The highest BCUT2D eigenvalue weighted by Crippen LogP contribution is 2.71. The first-order valence-electron chi connectivity index (χ1n) is 13.2. The highest BCUT2D eigenvalue weighted by molar-refractivity contribution is 6.25. The molecule has 3 heteroatoms. The fourth-order valence-electron chi connectivity index (χ4n) is 8.76. The summed E-state index contributed by atoms with van der Waals surface area (Å²) in [6.07, 6.45) is 7.85. The van der Waals surface area contributed by atoms with Crippen molar-refractivity contribution in [2.75, 3.05) is 0 Å². The van der Waals surface area contributed by atoms with Crippen LogP contribution in [-0.4, -0.2) is 17.3 Å². The van der Waals surface area contributed by atoms with E-state index >= 15 is 0 Å². The lowest BCUT2D eigenvalue weighted by molar-refractivity contribution is -0.173. The summed E-state index contributed by atoms with van der Waals surface area (Å²) in [4.78, 5) is 0. The highest BCUT2D eigenvalue weighted by Gasteiger charge is 2.63. The lowest BCUT2D eigenvalue weighted by atomic mass is 9.41. The molecule has 1 aromatic rings. The molecular formula is C30H45ClO2. The van der Waals surface area contributed by atoms with Gasteiger partial charge in [0.05, 0.1) is 18.3 Å². The molecule has 8 atom stereocenters. The Morgan fingerprint density at radius 1 is 1.03 bits per heavy atom. The summed E-state index contributed by atoms with van der Waals surface area (Å²) in [5.74, 6) is 1.86. The summed E-state index contributed by atoms with van der Waals surface area (Å²) in [5.41, 5.74) is 5.48. The first-order chi connectivity index (χ1) is 15.5. The van der Waals surface area contributed by atoms with Gasteiger partial charge in [-0.3, -0.25) is 0 Å². The number of benzene rings is 1. The summed E-state index contributed by atoms with van der Waals surface area (Å²) in [7, 11) is 0. The second-order valence-electron chi connectivity index (χ2n) is 12.6. The average molecular weight is 473 g/mol. The minimum absolute atomic E-state index is 0.0280. The Balaban J connectivity index is 1.66. The molecule has 1 aromatic carbocycles. The molecule has 3 saturated carbocycles. The van der Waals surface area contributed by atoms with Crippen LogP contribution in [0.1, 0.15) is 98.2 Å². The monoisotopic (exact) mass is 472 g/mol. The molecule has 3 aliphatic carbocycles. The Labute approximate surface area is 207 Å². The highest BCUT2D eigenvalue weighted by atomic mass is 35.5. The van der Waals surface area contributed by atoms with Crippen LogP contribution in [0.5, 0.6) is 0 Å². The molecule has 1 unspecified atom stereocenters. The quantitative estimate of drug-likeness (QED) is 0.451. The smallest absolute Gasteiger partial charge is 0.0861 e. The van der Waals surface area contributed by atoms with Crippen LogP contribution in [-0.2, 0) is 4.74 Å². The Bertz CT molecular complexity index is 846. The first-order valence-corrected chi connectivity index (χ1v) is 13.7. The molecule has 0 bridgehead atoms. The molecule has 3 aliphatic rings. The van der Waals surface area contributed by atoms with Gasteiger partial charge in [0, 0.05) is 5.54 Å². The van der Waals surface area contributed by atoms with Gasteiger partial charge in [-0.2, -0.15) is 0 Å². The van der Waals surface area contributed by atoms with Gasteiger partial charge >= 0.3 is 0 Å². The van der Waals surface area contributed by atoms with E-state index in [1.54, 1.807) is 0 Å². The van der Waals surface area contributed by atoms with Gasteiger partial charge in [-0.05, 0) is 98.4 Å². The minimum Gasteiger partial charge on any atom is -0.393 e. The third-order valence-corrected chi connectivity index (χ3v) is 10.5. The Hall–Kier alpha value is -0.830. The fraction of sp³-hybridized carbons (Fsp3) is 0.733. The summed E-state index contributed by atoms with van der Waals surface area (Å²) >= 11 is 6.31. The zero-order chi connectivity index (χ0) is 24.0. The molecule has 33 heavy (non-hydrogen) atoms. The van der Waals surface area contributed by atoms with Crippen molar-refractivity contribution in [3.63, 3.8) is 0 Å². The molecule has 0 spiro atoms. The number of hydrogen-bond donors (Lipinski definition) is 1. The Morgan fingerprint density at radius 2 is 1.73 bits per heavy atom. The van der Waals surface area contributed by atoms with Crippen LogP contribution >= 0.6 is 11.6 Å². The van der Waals surface area contributed by atoms with Crippen LogP contribution in [0, 0.1) is 34.0 Å². The Kier molecular flexibility index (Phi) is 7.14. The minimum atomic E-state index is -0.346. The molecule has 4 rings (SSSR count). The summed E-state index contributed by atoms with van der Waals surface area (Å²) in [5, 5.41) is 9.97. The molecule has 0 amide bonds. The van der Waals surface area contributed by atoms with Gasteiger partial charge in [0.1, 0.15) is 0 Å². The second-order valence-corrected chi connectivity index (χ2v) is 12.8. The maximum absolute atomic E-state index is 9.97. The van der Waals surface area contributed by atoms with Crippen LogP contribution in [0.3, 0.4) is 0 Å². The van der Waals surface area contributed by atoms with E-state index in [-0.39, 0.29) is 29.1 Å². The lowest BCUT2D eigenvalue weighted by Gasteiger charge is -2.64. The fourth-order valence-corrected chi connectivity index (χ4v) is 9.12. The predicted molar refractivity (Wildman–Crippen MR) is 138 cm³/mol. The van der Waals surface area contributed by atoms with Gasteiger partial charge in [-0.25, -0.2) is 0 Å². The van der Waals surface area contributed by atoms with Crippen LogP contribution in [0.2, 0.25) is 0 Å². The molecule has 0 aromatic heterocycles. The van der Waals surface area contributed by atoms with Crippen molar-refractivity contribution in [1.29, 1.82) is 0 Å². The molecule has 2 nitrogen and oxygen atoms in total. The number of allylic oxidation sites excluding steroid dienone is 1. The molecule has 1 N–H and O–H groups in total. The van der Waals surface area contributed by atoms with Gasteiger partial charge in [0.15, 0.2) is 0 Å². The maximum atomic E-state index is 9.97. The first kappa shape index (κ1) is 25.3. The van der Waals surface area contributed by atoms with Crippen molar-refractivity contribution in [2.24, 2.45) is 34.0 Å². The molecule has 0 aliphatic heterocycles. The van der Waals surface area contributed by atoms with Crippen molar-refractivity contribution in [2.45, 2.75) is 105 Å². The zero-order valence-electron chi connectivity index (χ0n) is 21.6. The van der Waals surface area contributed by atoms with E-state index in [2.05, 4.69) is 65.0 Å². The third kappa shape index (κ3) is 4.34. The topological polar surface area (TPSA) is 29.5 Å². The van der Waals surface area contributed by atoms with Gasteiger partial charge in [0.2, 0.25) is 0 Å². The molecule has 0 saturated heterocycles. The van der Waals surface area contributed by atoms with Crippen LogP contribution in [0.25, 0.3) is 0 Å². The van der Waals surface area contributed by atoms with Crippen molar-refractivity contribution in [1.82, 2.24) is 0 Å². The average Bonchev–Trinajstić information content (AvgIpc) is 3.10.